The zero-order valence-corrected chi connectivity index (χ0v) is 16.9. The lowest BCUT2D eigenvalue weighted by Gasteiger charge is -2.22. The van der Waals surface area contributed by atoms with E-state index in [-0.39, 0.29) is 24.3 Å². The van der Waals surface area contributed by atoms with Gasteiger partial charge in [0, 0.05) is 12.6 Å². The highest BCUT2D eigenvalue weighted by molar-refractivity contribution is 5.93. The third-order valence-corrected chi connectivity index (χ3v) is 4.61. The quantitative estimate of drug-likeness (QED) is 0.713. The Morgan fingerprint density at radius 2 is 1.41 bits per heavy atom. The first-order chi connectivity index (χ1) is 12.8. The van der Waals surface area contributed by atoms with Gasteiger partial charge in [-0.05, 0) is 28.5 Å². The molecule has 0 aliphatic heterocycles. The fraction of sp³-hybridized carbons (Fsp3) is 0.391. The van der Waals surface area contributed by atoms with Gasteiger partial charge < -0.3 is 10.6 Å². The average molecular weight is 367 g/mol. The number of anilines is 1. The molecule has 1 unspecified atom stereocenters. The van der Waals surface area contributed by atoms with E-state index in [1.165, 1.54) is 6.92 Å². The van der Waals surface area contributed by atoms with Gasteiger partial charge in [0.05, 0.1) is 12.5 Å². The van der Waals surface area contributed by atoms with Crippen LogP contribution in [0.3, 0.4) is 0 Å². The van der Waals surface area contributed by atoms with Gasteiger partial charge in [-0.3, -0.25) is 9.59 Å². The normalized spacial score (nSPS) is 12.1. The number of hydrogen-bond donors (Lipinski definition) is 2. The van der Waals surface area contributed by atoms with Crippen LogP contribution in [0.4, 0.5) is 5.69 Å². The highest BCUT2D eigenvalue weighted by atomic mass is 16.2. The third-order valence-electron chi connectivity index (χ3n) is 4.61. The minimum absolute atomic E-state index is 0.104. The number of para-hydroxylation sites is 1. The molecule has 0 spiro atoms. The summed E-state index contributed by atoms with van der Waals surface area (Å²) in [6, 6.07) is 15.4. The Bertz CT molecular complexity index is 756. The Morgan fingerprint density at radius 3 is 1.89 bits per heavy atom. The van der Waals surface area contributed by atoms with E-state index in [1.54, 1.807) is 0 Å². The molecule has 0 saturated carbocycles. The molecule has 0 bridgehead atoms. The minimum atomic E-state index is -0.350. The van der Waals surface area contributed by atoms with Crippen LogP contribution in [0, 0.1) is 0 Å². The van der Waals surface area contributed by atoms with Gasteiger partial charge in [-0.25, -0.2) is 0 Å². The van der Waals surface area contributed by atoms with E-state index in [2.05, 4.69) is 50.5 Å². The third kappa shape index (κ3) is 5.68. The van der Waals surface area contributed by atoms with Crippen LogP contribution in [0.25, 0.3) is 0 Å². The van der Waals surface area contributed by atoms with Crippen molar-refractivity contribution in [3.63, 3.8) is 0 Å². The molecule has 27 heavy (non-hydrogen) atoms. The van der Waals surface area contributed by atoms with Crippen LogP contribution in [0.5, 0.6) is 0 Å². The first-order valence-electron chi connectivity index (χ1n) is 9.54. The van der Waals surface area contributed by atoms with Crippen molar-refractivity contribution >= 4 is 17.5 Å². The number of hydrogen-bond acceptors (Lipinski definition) is 2. The summed E-state index contributed by atoms with van der Waals surface area (Å²) in [5.74, 6) is 0.355. The molecule has 0 saturated heterocycles. The number of amides is 2. The molecular formula is C23H30N2O2. The van der Waals surface area contributed by atoms with Gasteiger partial charge in [0.2, 0.25) is 11.8 Å². The largest absolute Gasteiger partial charge is 0.349 e. The Labute approximate surface area is 162 Å². The molecule has 1 atom stereocenters. The molecule has 0 aromatic heterocycles. The van der Waals surface area contributed by atoms with Crippen molar-refractivity contribution in [3.05, 3.63) is 65.2 Å². The molecule has 2 rings (SSSR count). The van der Waals surface area contributed by atoms with Gasteiger partial charge in [0.15, 0.2) is 0 Å². The first kappa shape index (κ1) is 20.7. The molecule has 0 fully saturated rings. The van der Waals surface area contributed by atoms with Crippen molar-refractivity contribution in [1.82, 2.24) is 5.32 Å². The molecule has 4 heteroatoms. The second-order valence-electron chi connectivity index (χ2n) is 7.54. The number of nitrogens with one attached hydrogen (secondary N) is 2. The van der Waals surface area contributed by atoms with Crippen LogP contribution < -0.4 is 10.6 Å². The number of carbonyl (C=O) groups is 2. The van der Waals surface area contributed by atoms with E-state index in [0.29, 0.717) is 11.8 Å². The fourth-order valence-corrected chi connectivity index (χ4v) is 3.25. The lowest BCUT2D eigenvalue weighted by molar-refractivity contribution is -0.120. The lowest BCUT2D eigenvalue weighted by Crippen LogP contribution is -2.30. The topological polar surface area (TPSA) is 58.2 Å². The monoisotopic (exact) mass is 366 g/mol. The van der Waals surface area contributed by atoms with Crippen LogP contribution in [-0.2, 0) is 9.59 Å². The molecule has 0 radical (unpaired) electrons. The van der Waals surface area contributed by atoms with Crippen molar-refractivity contribution < 1.29 is 9.59 Å². The Morgan fingerprint density at radius 1 is 0.852 bits per heavy atom. The molecule has 0 aliphatic rings. The second-order valence-corrected chi connectivity index (χ2v) is 7.54. The van der Waals surface area contributed by atoms with E-state index in [0.717, 1.165) is 22.4 Å². The smallest absolute Gasteiger partial charge is 0.226 e. The molecule has 2 amide bonds. The average Bonchev–Trinajstić information content (AvgIpc) is 2.61. The van der Waals surface area contributed by atoms with Crippen LogP contribution in [0.15, 0.2) is 48.5 Å². The predicted octanol–water partition coefficient (Wildman–Crippen LogP) is 5.14. The molecule has 4 nitrogen and oxygen atoms in total. The maximum Gasteiger partial charge on any atom is 0.226 e. The molecule has 2 aromatic carbocycles. The summed E-state index contributed by atoms with van der Waals surface area (Å²) in [6.45, 7) is 9.97. The maximum atomic E-state index is 12.9. The van der Waals surface area contributed by atoms with Crippen LogP contribution in [0.1, 0.15) is 75.6 Å². The van der Waals surface area contributed by atoms with E-state index >= 15 is 0 Å². The van der Waals surface area contributed by atoms with Gasteiger partial charge in [-0.15, -0.1) is 0 Å². The summed E-state index contributed by atoms with van der Waals surface area (Å²) < 4.78 is 0. The van der Waals surface area contributed by atoms with Crippen molar-refractivity contribution in [2.24, 2.45) is 0 Å². The minimum Gasteiger partial charge on any atom is -0.349 e. The van der Waals surface area contributed by atoms with Crippen molar-refractivity contribution in [2.45, 2.75) is 58.9 Å². The first-order valence-corrected chi connectivity index (χ1v) is 9.54. The number of carbonyl (C=O) groups excluding carboxylic acids is 2. The van der Waals surface area contributed by atoms with Crippen molar-refractivity contribution in [2.75, 3.05) is 5.32 Å². The van der Waals surface area contributed by atoms with Crippen LogP contribution in [0.2, 0.25) is 0 Å². The van der Waals surface area contributed by atoms with Crippen molar-refractivity contribution in [3.8, 4) is 0 Å². The van der Waals surface area contributed by atoms with E-state index in [4.69, 9.17) is 0 Å². The molecule has 2 N–H and O–H groups in total. The van der Waals surface area contributed by atoms with Gasteiger partial charge in [0.25, 0.3) is 0 Å². The standard InChI is InChI=1S/C23H30N2O2/c1-15(2)19-12-9-13-20(16(3)4)23(19)25-22(27)14-21(24-17(5)26)18-10-7-6-8-11-18/h6-13,15-16,21H,14H2,1-5H3,(H,24,26)(H,25,27). The highest BCUT2D eigenvalue weighted by Crippen LogP contribution is 2.32. The van der Waals surface area contributed by atoms with Gasteiger partial charge in [-0.2, -0.15) is 0 Å². The summed E-state index contributed by atoms with van der Waals surface area (Å²) in [5.41, 5.74) is 4.09. The summed E-state index contributed by atoms with van der Waals surface area (Å²) in [7, 11) is 0. The SMILES string of the molecule is CC(=O)NC(CC(=O)Nc1c(C(C)C)cccc1C(C)C)c1ccccc1. The Hall–Kier alpha value is -2.62. The summed E-state index contributed by atoms with van der Waals surface area (Å²) in [4.78, 5) is 24.5. The molecule has 144 valence electrons. The zero-order valence-electron chi connectivity index (χ0n) is 16.9. The number of rotatable bonds is 7. The fourth-order valence-electron chi connectivity index (χ4n) is 3.25. The van der Waals surface area contributed by atoms with Crippen LogP contribution in [-0.4, -0.2) is 11.8 Å². The summed E-state index contributed by atoms with van der Waals surface area (Å²) in [5, 5.41) is 6.01. The second kappa shape index (κ2) is 9.36. The van der Waals surface area contributed by atoms with Gasteiger partial charge in [0.1, 0.15) is 0 Å². The Kier molecular flexibility index (Phi) is 7.17. The maximum absolute atomic E-state index is 12.9. The lowest BCUT2D eigenvalue weighted by atomic mass is 9.92. The van der Waals surface area contributed by atoms with Crippen LogP contribution >= 0.6 is 0 Å². The molecular weight excluding hydrogens is 336 g/mol. The molecule has 2 aromatic rings. The van der Waals surface area contributed by atoms with E-state index in [9.17, 15) is 9.59 Å². The Balaban J connectivity index is 2.26. The van der Waals surface area contributed by atoms with Gasteiger partial charge in [-0.1, -0.05) is 76.2 Å². The number of benzene rings is 2. The molecule has 0 aliphatic carbocycles. The van der Waals surface area contributed by atoms with Crippen molar-refractivity contribution in [1.29, 1.82) is 0 Å². The van der Waals surface area contributed by atoms with E-state index < -0.39 is 0 Å². The summed E-state index contributed by atoms with van der Waals surface area (Å²) >= 11 is 0. The summed E-state index contributed by atoms with van der Waals surface area (Å²) in [6.07, 6.45) is 0.188. The zero-order chi connectivity index (χ0) is 20.0. The van der Waals surface area contributed by atoms with Gasteiger partial charge >= 0.3 is 0 Å². The van der Waals surface area contributed by atoms with E-state index in [1.807, 2.05) is 36.4 Å². The highest BCUT2D eigenvalue weighted by Gasteiger charge is 2.20. The molecule has 0 heterocycles. The predicted molar refractivity (Wildman–Crippen MR) is 111 cm³/mol.